The van der Waals surface area contributed by atoms with Crippen LogP contribution in [0.25, 0.3) is 16.7 Å². The van der Waals surface area contributed by atoms with E-state index in [-0.39, 0.29) is 48.0 Å². The van der Waals surface area contributed by atoms with Crippen molar-refractivity contribution in [3.05, 3.63) is 64.2 Å². The number of aromatic nitrogens is 4. The summed E-state index contributed by atoms with van der Waals surface area (Å²) in [6.45, 7) is 6.66. The van der Waals surface area contributed by atoms with Gasteiger partial charge in [-0.15, -0.1) is 0 Å². The number of benzene rings is 1. The number of nitrogens with zero attached hydrogens (tertiary/aromatic N) is 4. The first-order valence-corrected chi connectivity index (χ1v) is 14.3. The van der Waals surface area contributed by atoms with E-state index < -0.39 is 11.8 Å². The van der Waals surface area contributed by atoms with Crippen molar-refractivity contribution in [2.45, 2.75) is 83.5 Å². The molecule has 0 saturated heterocycles. The average molecular weight is 564 g/mol. The highest BCUT2D eigenvalue weighted by atomic mass is 19.3. The van der Waals surface area contributed by atoms with Gasteiger partial charge in [0.05, 0.1) is 6.20 Å². The molecule has 41 heavy (non-hydrogen) atoms. The molecule has 0 atom stereocenters. The zero-order valence-corrected chi connectivity index (χ0v) is 23.7. The Morgan fingerprint density at radius 2 is 1.88 bits per heavy atom. The molecule has 1 N–H and O–H groups in total. The van der Waals surface area contributed by atoms with E-state index in [4.69, 9.17) is 4.52 Å². The Kier molecular flexibility index (Phi) is 6.70. The molecule has 10 heteroatoms. The summed E-state index contributed by atoms with van der Waals surface area (Å²) in [6.07, 6.45) is 4.71. The lowest BCUT2D eigenvalue weighted by Crippen LogP contribution is -2.50. The number of amides is 1. The van der Waals surface area contributed by atoms with Gasteiger partial charge in [0.1, 0.15) is 0 Å². The molecule has 2 heterocycles. The molecule has 7 rings (SSSR count). The van der Waals surface area contributed by atoms with E-state index in [2.05, 4.69) is 41.1 Å². The fraction of sp³-hybridized carbons (Fsp3) is 0.516. The van der Waals surface area contributed by atoms with Gasteiger partial charge in [0.25, 0.3) is 11.4 Å². The summed E-state index contributed by atoms with van der Waals surface area (Å²) in [7, 11) is 0. The van der Waals surface area contributed by atoms with E-state index in [0.29, 0.717) is 29.5 Å². The lowest BCUT2D eigenvalue weighted by atomic mass is 9.57. The number of H-pyrrole nitrogens is 1. The van der Waals surface area contributed by atoms with Gasteiger partial charge < -0.3 is 9.42 Å². The van der Waals surface area contributed by atoms with Gasteiger partial charge in [-0.3, -0.25) is 9.59 Å². The summed E-state index contributed by atoms with van der Waals surface area (Å²) in [5.74, 6) is -1.98. The van der Waals surface area contributed by atoms with Crippen LogP contribution >= 0.6 is 0 Å². The molecule has 2 bridgehead atoms. The first kappa shape index (κ1) is 27.5. The molecule has 0 spiro atoms. The van der Waals surface area contributed by atoms with Gasteiger partial charge in [-0.1, -0.05) is 43.6 Å². The number of hydrogen-bond donors (Lipinski definition) is 1. The molecule has 4 aliphatic carbocycles. The predicted molar refractivity (Wildman–Crippen MR) is 150 cm³/mol. The zero-order chi connectivity index (χ0) is 29.0. The van der Waals surface area contributed by atoms with Crippen LogP contribution in [-0.4, -0.2) is 38.7 Å². The minimum Gasteiger partial charge on any atom is -0.334 e. The summed E-state index contributed by atoms with van der Waals surface area (Å²) >= 11 is 0. The zero-order valence-electron chi connectivity index (χ0n) is 23.7. The summed E-state index contributed by atoms with van der Waals surface area (Å²) in [5.41, 5.74) is 3.90. The van der Waals surface area contributed by atoms with E-state index in [1.54, 1.807) is 6.20 Å². The molecular weight excluding hydrogens is 528 g/mol. The number of allylic oxidation sites excluding steroid dienone is 2. The lowest BCUT2D eigenvalue weighted by molar-refractivity contribution is -0.127. The third-order valence-corrected chi connectivity index (χ3v) is 8.85. The Morgan fingerprint density at radius 3 is 2.51 bits per heavy atom. The first-order valence-electron chi connectivity index (χ1n) is 14.3. The van der Waals surface area contributed by atoms with E-state index in [0.717, 1.165) is 36.8 Å². The Labute approximate surface area is 237 Å². The van der Waals surface area contributed by atoms with Crippen molar-refractivity contribution in [3.8, 4) is 11.1 Å². The van der Waals surface area contributed by atoms with Crippen molar-refractivity contribution in [2.24, 2.45) is 11.3 Å². The number of hydrogen-bond acceptors (Lipinski definition) is 6. The molecular formula is C31H35F2N5O3. The Morgan fingerprint density at radius 1 is 1.12 bits per heavy atom. The highest BCUT2D eigenvalue weighted by Gasteiger charge is 2.49. The second kappa shape index (κ2) is 9.99. The molecule has 4 aliphatic rings. The van der Waals surface area contributed by atoms with Crippen molar-refractivity contribution in [3.63, 3.8) is 0 Å². The van der Waals surface area contributed by atoms with Crippen LogP contribution in [0, 0.1) is 11.3 Å². The molecule has 0 radical (unpaired) electrons. The number of carbonyl (C=O) groups excluding carboxylic acids is 1. The van der Waals surface area contributed by atoms with Crippen molar-refractivity contribution in [2.75, 3.05) is 11.4 Å². The molecule has 2 saturated carbocycles. The molecule has 2 aromatic heterocycles. The number of rotatable bonds is 6. The molecule has 1 amide bonds. The minimum atomic E-state index is -2.71. The topological polar surface area (TPSA) is 105 Å². The first-order chi connectivity index (χ1) is 19.4. The normalized spacial score (nSPS) is 20.0. The maximum Gasteiger partial charge on any atom is 0.264 e. The average Bonchev–Trinajstić information content (AvgIpc) is 3.42. The molecule has 1 aromatic carbocycles. The number of carbonyl (C=O) groups is 1. The van der Waals surface area contributed by atoms with Crippen molar-refractivity contribution < 1.29 is 18.1 Å². The molecule has 8 nitrogen and oxygen atoms in total. The van der Waals surface area contributed by atoms with E-state index >= 15 is 0 Å². The number of nitrogens with one attached hydrogen (secondary N) is 1. The van der Waals surface area contributed by atoms with Crippen LogP contribution in [0.3, 0.4) is 0 Å². The van der Waals surface area contributed by atoms with Crippen LogP contribution in [0.4, 0.5) is 14.5 Å². The third-order valence-electron chi connectivity index (χ3n) is 8.85. The van der Waals surface area contributed by atoms with Gasteiger partial charge in [-0.25, -0.2) is 13.9 Å². The molecule has 216 valence electrons. The Bertz CT molecular complexity index is 1550. The summed E-state index contributed by atoms with van der Waals surface area (Å²) in [5, 5.41) is 10.5. The van der Waals surface area contributed by atoms with Crippen molar-refractivity contribution in [1.82, 2.24) is 20.3 Å². The molecule has 0 aliphatic heterocycles. The van der Waals surface area contributed by atoms with Crippen LogP contribution in [0.5, 0.6) is 0 Å². The molecule has 0 unspecified atom stereocenters. The standard InChI is InChI=1S/C31H35F2N5O3/c1-29(2,3)28-35-26(41-37-28)24-9-10-30(15-22(24)16-30)18-38(27(40)19-7-11-31(32,33)12-8-19)23-6-4-5-20(13-23)21-14-25(39)36-34-17-21/h4-6,13-14,17,19H,7-12,15-16,18H2,1-3H3,(H,36,39). The highest BCUT2D eigenvalue weighted by Crippen LogP contribution is 2.58. The van der Waals surface area contributed by atoms with E-state index in [9.17, 15) is 18.4 Å². The monoisotopic (exact) mass is 563 g/mol. The van der Waals surface area contributed by atoms with Gasteiger partial charge in [-0.2, -0.15) is 10.1 Å². The van der Waals surface area contributed by atoms with Gasteiger partial charge in [0, 0.05) is 53.6 Å². The fourth-order valence-corrected chi connectivity index (χ4v) is 6.44. The van der Waals surface area contributed by atoms with Gasteiger partial charge in [0.15, 0.2) is 5.82 Å². The quantitative estimate of drug-likeness (QED) is 0.377. The predicted octanol–water partition coefficient (Wildman–Crippen LogP) is 6.30. The maximum atomic E-state index is 14.0. The van der Waals surface area contributed by atoms with Gasteiger partial charge in [-0.05, 0) is 61.6 Å². The number of alkyl halides is 2. The highest BCUT2D eigenvalue weighted by molar-refractivity contribution is 5.96. The summed E-state index contributed by atoms with van der Waals surface area (Å²) in [6, 6.07) is 8.96. The summed E-state index contributed by atoms with van der Waals surface area (Å²) < 4.78 is 33.5. The molecule has 3 aromatic rings. The Balaban J connectivity index is 1.28. The second-order valence-corrected chi connectivity index (χ2v) is 13.0. The van der Waals surface area contributed by atoms with E-state index in [1.807, 2.05) is 29.2 Å². The van der Waals surface area contributed by atoms with Crippen molar-refractivity contribution in [1.29, 1.82) is 0 Å². The van der Waals surface area contributed by atoms with Crippen molar-refractivity contribution >= 4 is 17.2 Å². The number of anilines is 1. The summed E-state index contributed by atoms with van der Waals surface area (Å²) in [4.78, 5) is 32.3. The van der Waals surface area contributed by atoms with Crippen LogP contribution in [0.15, 0.2) is 51.4 Å². The Hall–Kier alpha value is -3.69. The van der Waals surface area contributed by atoms with E-state index in [1.165, 1.54) is 11.6 Å². The maximum absolute atomic E-state index is 14.0. The largest absolute Gasteiger partial charge is 0.334 e. The third kappa shape index (κ3) is 5.48. The van der Waals surface area contributed by atoms with Gasteiger partial charge >= 0.3 is 0 Å². The molecule has 2 fully saturated rings. The minimum absolute atomic E-state index is 0.0958. The van der Waals surface area contributed by atoms with Crippen LogP contribution in [0.2, 0.25) is 0 Å². The lowest BCUT2D eigenvalue weighted by Gasteiger charge is -2.51. The fourth-order valence-electron chi connectivity index (χ4n) is 6.44. The number of fused-ring (bicyclic) bond motifs is 2. The van der Waals surface area contributed by atoms with Crippen LogP contribution < -0.4 is 10.5 Å². The number of aromatic amines is 1. The van der Waals surface area contributed by atoms with Crippen LogP contribution in [-0.2, 0) is 10.2 Å². The van der Waals surface area contributed by atoms with Gasteiger partial charge in [0.2, 0.25) is 11.8 Å². The SMILES string of the molecule is CC(C)(C)c1noc(C2=C3CC(CN(C(=O)C4CCC(F)(F)CC4)c4cccc(-c5cn[nH]c(=O)c5)c4)(CC2)C3)n1. The smallest absolute Gasteiger partial charge is 0.264 e. The second-order valence-electron chi connectivity index (χ2n) is 13.0. The number of halogens is 2. The van der Waals surface area contributed by atoms with Crippen LogP contribution in [0.1, 0.15) is 83.9 Å².